The van der Waals surface area contributed by atoms with Crippen LogP contribution in [0.1, 0.15) is 64.5 Å². The quantitative estimate of drug-likeness (QED) is 0.281. The summed E-state index contributed by atoms with van der Waals surface area (Å²) in [5.74, 6) is 0. The maximum atomic E-state index is 12.5. The minimum absolute atomic E-state index is 0.170. The van der Waals surface area contributed by atoms with Crippen LogP contribution in [0.25, 0.3) is 6.08 Å². The third-order valence-electron chi connectivity index (χ3n) is 4.73. The summed E-state index contributed by atoms with van der Waals surface area (Å²) in [7, 11) is -7.85. The summed E-state index contributed by atoms with van der Waals surface area (Å²) < 4.78 is 29.5. The Labute approximate surface area is 175 Å². The number of hydrogen-bond acceptors (Lipinski definition) is 3. The third kappa shape index (κ3) is 10.1. The Morgan fingerprint density at radius 2 is 1.76 bits per heavy atom. The van der Waals surface area contributed by atoms with Crippen molar-refractivity contribution < 1.29 is 23.4 Å². The molecule has 29 heavy (non-hydrogen) atoms. The molecule has 2 atom stereocenters. The van der Waals surface area contributed by atoms with Crippen LogP contribution in [-0.2, 0) is 20.1 Å². The van der Waals surface area contributed by atoms with E-state index in [-0.39, 0.29) is 13.0 Å². The van der Waals surface area contributed by atoms with E-state index in [1.165, 1.54) is 17.8 Å². The van der Waals surface area contributed by atoms with Gasteiger partial charge in [0.05, 0.1) is 6.61 Å². The van der Waals surface area contributed by atoms with Gasteiger partial charge in [0.25, 0.3) is 0 Å². The number of aryl methyl sites for hydroxylation is 1. The molecule has 0 radical (unpaired) electrons. The fraction of sp³-hybridized carbons (Fsp3) is 0.545. The van der Waals surface area contributed by atoms with Crippen LogP contribution in [0.3, 0.4) is 0 Å². The molecular formula is C22H36O5P2. The molecule has 0 heterocycles. The molecule has 7 heteroatoms. The molecule has 5 nitrogen and oxygen atoms in total. The Bertz CT molecular complexity index is 786. The highest BCUT2D eigenvalue weighted by Crippen LogP contribution is 2.64. The van der Waals surface area contributed by atoms with Gasteiger partial charge in [0.2, 0.25) is 7.37 Å². The highest BCUT2D eigenvalue weighted by atomic mass is 31.2. The molecule has 0 fully saturated rings. The van der Waals surface area contributed by atoms with Gasteiger partial charge in [-0.05, 0) is 70.9 Å². The lowest BCUT2D eigenvalue weighted by molar-refractivity contribution is 0.321. The normalized spacial score (nSPS) is 15.6. The van der Waals surface area contributed by atoms with Gasteiger partial charge in [0.15, 0.2) is 0 Å². The molecule has 0 bridgehead atoms. The third-order valence-corrected chi connectivity index (χ3v) is 10.0. The van der Waals surface area contributed by atoms with Gasteiger partial charge in [-0.1, -0.05) is 47.6 Å². The summed E-state index contributed by atoms with van der Waals surface area (Å²) in [6.45, 7) is 9.52. The van der Waals surface area contributed by atoms with E-state index in [0.717, 1.165) is 24.0 Å². The second-order valence-corrected chi connectivity index (χ2v) is 12.7. The van der Waals surface area contributed by atoms with E-state index < -0.39 is 20.4 Å². The molecule has 1 rings (SSSR count). The first-order valence-electron chi connectivity index (χ1n) is 10.1. The summed E-state index contributed by atoms with van der Waals surface area (Å²) in [5, 5.41) is -1.24. The second kappa shape index (κ2) is 12.0. The molecule has 0 aromatic heterocycles. The monoisotopic (exact) mass is 442 g/mol. The first-order valence-corrected chi connectivity index (χ1v) is 13.9. The lowest BCUT2D eigenvalue weighted by atomic mass is 10.0. The summed E-state index contributed by atoms with van der Waals surface area (Å²) in [6, 6.07) is 8.20. The predicted molar refractivity (Wildman–Crippen MR) is 123 cm³/mol. The minimum atomic E-state index is -4.49. The molecule has 0 saturated carbocycles. The average molecular weight is 442 g/mol. The largest absolute Gasteiger partial charge is 0.338 e. The van der Waals surface area contributed by atoms with E-state index >= 15 is 0 Å². The van der Waals surface area contributed by atoms with Crippen LogP contribution in [0.2, 0.25) is 0 Å². The lowest BCUT2D eigenvalue weighted by Gasteiger charge is -2.24. The van der Waals surface area contributed by atoms with Gasteiger partial charge in [-0.2, -0.15) is 0 Å². The maximum absolute atomic E-state index is 12.5. The summed E-state index contributed by atoms with van der Waals surface area (Å²) in [4.78, 5) is 19.2. The van der Waals surface area contributed by atoms with Gasteiger partial charge in [-0.3, -0.25) is 9.13 Å². The Morgan fingerprint density at radius 3 is 2.28 bits per heavy atom. The Hall–Kier alpha value is -0.960. The number of rotatable bonds is 12. The van der Waals surface area contributed by atoms with Gasteiger partial charge >= 0.3 is 7.60 Å². The van der Waals surface area contributed by atoms with Crippen molar-refractivity contribution >= 4 is 21.0 Å². The number of benzene rings is 1. The molecule has 2 unspecified atom stereocenters. The van der Waals surface area contributed by atoms with E-state index in [4.69, 9.17) is 4.52 Å². The fourth-order valence-electron chi connectivity index (χ4n) is 3.23. The van der Waals surface area contributed by atoms with Crippen LogP contribution in [-0.4, -0.2) is 28.5 Å². The van der Waals surface area contributed by atoms with Crippen LogP contribution in [0.4, 0.5) is 0 Å². The van der Waals surface area contributed by atoms with Crippen molar-refractivity contribution in [2.24, 2.45) is 0 Å². The van der Waals surface area contributed by atoms with Crippen molar-refractivity contribution in [3.8, 4) is 0 Å². The van der Waals surface area contributed by atoms with Gasteiger partial charge in [0.1, 0.15) is 5.40 Å². The van der Waals surface area contributed by atoms with Crippen LogP contribution >= 0.6 is 15.0 Å². The highest BCUT2D eigenvalue weighted by molar-refractivity contribution is 7.74. The molecule has 0 spiro atoms. The van der Waals surface area contributed by atoms with Crippen LogP contribution in [0, 0.1) is 0 Å². The SMILES string of the molecule is CCOP(C)(=O)C(CCCc1ccc(C=C(C)CCC=C(C)C)cc1)P(=O)(O)O. The Kier molecular flexibility index (Phi) is 10.8. The standard InChI is InChI=1S/C22H36O5P2/c1-6-27-28(5,23)22(29(24,25)26)12-8-11-20-13-15-21(16-14-20)17-19(4)10-7-9-18(2)3/h9,13-17,22H,6-8,10-12H2,1-5H3,(H2,24,25,26). The van der Waals surface area contributed by atoms with Crippen molar-refractivity contribution in [3.63, 3.8) is 0 Å². The first kappa shape index (κ1) is 26.1. The van der Waals surface area contributed by atoms with E-state index in [0.29, 0.717) is 12.8 Å². The highest BCUT2D eigenvalue weighted by Gasteiger charge is 2.41. The molecule has 0 aliphatic rings. The second-order valence-electron chi connectivity index (χ2n) is 7.84. The van der Waals surface area contributed by atoms with Crippen molar-refractivity contribution in [1.29, 1.82) is 0 Å². The van der Waals surface area contributed by atoms with E-state index in [1.807, 2.05) is 12.1 Å². The molecule has 0 amide bonds. The van der Waals surface area contributed by atoms with Crippen LogP contribution in [0.5, 0.6) is 0 Å². The summed E-state index contributed by atoms with van der Waals surface area (Å²) in [5.41, 5.74) is 4.90. The van der Waals surface area contributed by atoms with E-state index in [9.17, 15) is 18.9 Å². The molecule has 1 aromatic rings. The molecule has 164 valence electrons. The molecule has 0 aliphatic carbocycles. The zero-order chi connectivity index (χ0) is 22.1. The lowest BCUT2D eigenvalue weighted by Crippen LogP contribution is -2.11. The molecule has 0 saturated heterocycles. The summed E-state index contributed by atoms with van der Waals surface area (Å²) >= 11 is 0. The average Bonchev–Trinajstić information content (AvgIpc) is 2.58. The maximum Gasteiger partial charge on any atom is 0.338 e. The van der Waals surface area contributed by atoms with Crippen molar-refractivity contribution in [2.45, 2.75) is 65.2 Å². The molecule has 0 aliphatic heterocycles. The molecule has 2 N–H and O–H groups in total. The Morgan fingerprint density at radius 1 is 1.14 bits per heavy atom. The number of allylic oxidation sites excluding steroid dienone is 3. The zero-order valence-electron chi connectivity index (χ0n) is 18.3. The van der Waals surface area contributed by atoms with Gasteiger partial charge in [0, 0.05) is 6.66 Å². The van der Waals surface area contributed by atoms with Gasteiger partial charge in [-0.25, -0.2) is 0 Å². The smallest absolute Gasteiger partial charge is 0.328 e. The predicted octanol–water partition coefficient (Wildman–Crippen LogP) is 6.61. The molecule has 1 aromatic carbocycles. The van der Waals surface area contributed by atoms with Gasteiger partial charge in [-0.15, -0.1) is 0 Å². The number of hydrogen-bond donors (Lipinski definition) is 2. The van der Waals surface area contributed by atoms with E-state index in [2.05, 4.69) is 45.1 Å². The van der Waals surface area contributed by atoms with Crippen LogP contribution in [0.15, 0.2) is 41.5 Å². The molecular weight excluding hydrogens is 406 g/mol. The topological polar surface area (TPSA) is 83.8 Å². The summed E-state index contributed by atoms with van der Waals surface area (Å²) in [6.07, 6.45) is 7.89. The minimum Gasteiger partial charge on any atom is -0.328 e. The van der Waals surface area contributed by atoms with Crippen LogP contribution < -0.4 is 0 Å². The first-order chi connectivity index (χ1) is 13.5. The fourth-order valence-corrected chi connectivity index (χ4v) is 7.47. The zero-order valence-corrected chi connectivity index (χ0v) is 20.1. The van der Waals surface area contributed by atoms with Crippen molar-refractivity contribution in [1.82, 2.24) is 0 Å². The van der Waals surface area contributed by atoms with Crippen molar-refractivity contribution in [3.05, 3.63) is 52.6 Å². The van der Waals surface area contributed by atoms with Gasteiger partial charge < -0.3 is 14.3 Å². The Balaban J connectivity index is 2.66. The van der Waals surface area contributed by atoms with E-state index in [1.54, 1.807) is 6.92 Å². The van der Waals surface area contributed by atoms with Crippen molar-refractivity contribution in [2.75, 3.05) is 13.3 Å².